The second kappa shape index (κ2) is 8.27. The predicted octanol–water partition coefficient (Wildman–Crippen LogP) is 4.38. The smallest absolute Gasteiger partial charge is 0.227 e. The number of carbonyl (C=O) groups is 1. The van der Waals surface area contributed by atoms with Crippen molar-refractivity contribution in [2.45, 2.75) is 50.7 Å². The van der Waals surface area contributed by atoms with Gasteiger partial charge in [-0.25, -0.2) is 0 Å². The summed E-state index contributed by atoms with van der Waals surface area (Å²) >= 11 is 0. The third-order valence-corrected chi connectivity index (χ3v) is 7.03. The number of hydrogen-bond donors (Lipinski definition) is 0. The molecule has 4 nitrogen and oxygen atoms in total. The zero-order valence-electron chi connectivity index (χ0n) is 17.8. The Morgan fingerprint density at radius 2 is 1.67 bits per heavy atom. The van der Waals surface area contributed by atoms with Crippen LogP contribution in [0.15, 0.2) is 60.8 Å². The number of carbonyl (C=O) groups excluding carboxylic acids is 1. The molecule has 2 aromatic carbocycles. The van der Waals surface area contributed by atoms with Gasteiger partial charge in [0.25, 0.3) is 0 Å². The van der Waals surface area contributed by atoms with Crippen molar-refractivity contribution < 1.29 is 4.79 Å². The zero-order chi connectivity index (χ0) is 20.5. The third kappa shape index (κ3) is 3.65. The van der Waals surface area contributed by atoms with Crippen molar-refractivity contribution in [2.75, 3.05) is 13.1 Å². The summed E-state index contributed by atoms with van der Waals surface area (Å²) in [5, 5.41) is 1.20. The van der Waals surface area contributed by atoms with Gasteiger partial charge in [0, 0.05) is 49.3 Å². The average molecular weight is 402 g/mol. The summed E-state index contributed by atoms with van der Waals surface area (Å²) in [6.07, 6.45) is 7.34. The van der Waals surface area contributed by atoms with Crippen LogP contribution in [0.5, 0.6) is 0 Å². The average Bonchev–Trinajstić information content (AvgIpc) is 3.49. The van der Waals surface area contributed by atoms with Gasteiger partial charge >= 0.3 is 0 Å². The van der Waals surface area contributed by atoms with Crippen LogP contribution in [0.1, 0.15) is 36.8 Å². The topological polar surface area (TPSA) is 28.5 Å². The van der Waals surface area contributed by atoms with Gasteiger partial charge in [0.2, 0.25) is 5.91 Å². The van der Waals surface area contributed by atoms with Crippen molar-refractivity contribution >= 4 is 16.8 Å². The Kier molecular flexibility index (Phi) is 5.34. The highest BCUT2D eigenvalue weighted by atomic mass is 16.2. The molecule has 156 valence electrons. The maximum atomic E-state index is 13.4. The summed E-state index contributed by atoms with van der Waals surface area (Å²) in [5.74, 6) is 0.292. The lowest BCUT2D eigenvalue weighted by Crippen LogP contribution is -2.48. The summed E-state index contributed by atoms with van der Waals surface area (Å²) in [7, 11) is 2.06. The van der Waals surface area contributed by atoms with E-state index in [1.165, 1.54) is 29.3 Å². The fourth-order valence-electron chi connectivity index (χ4n) is 5.63. The lowest BCUT2D eigenvalue weighted by atomic mass is 10.0. The van der Waals surface area contributed by atoms with Gasteiger partial charge in [-0.15, -0.1) is 0 Å². The van der Waals surface area contributed by atoms with Crippen LogP contribution in [0.4, 0.5) is 0 Å². The van der Waals surface area contributed by atoms with Crippen LogP contribution in [0.2, 0.25) is 0 Å². The van der Waals surface area contributed by atoms with E-state index in [9.17, 15) is 4.79 Å². The molecule has 1 aromatic heterocycles. The molecule has 30 heavy (non-hydrogen) atoms. The first-order valence-corrected chi connectivity index (χ1v) is 11.3. The van der Waals surface area contributed by atoms with E-state index in [4.69, 9.17) is 0 Å². The first-order valence-electron chi connectivity index (χ1n) is 11.3. The fourth-order valence-corrected chi connectivity index (χ4v) is 5.63. The van der Waals surface area contributed by atoms with Crippen LogP contribution >= 0.6 is 0 Å². The van der Waals surface area contributed by atoms with E-state index < -0.39 is 0 Å². The number of fused-ring (bicyclic) bond motifs is 1. The van der Waals surface area contributed by atoms with Gasteiger partial charge in [0.15, 0.2) is 0 Å². The molecule has 2 atom stereocenters. The summed E-state index contributed by atoms with van der Waals surface area (Å²) in [4.78, 5) is 18.2. The fraction of sp³-hybridized carbons (Fsp3) is 0.423. The highest BCUT2D eigenvalue weighted by molar-refractivity contribution is 5.89. The Balaban J connectivity index is 1.32. The molecule has 2 aliphatic heterocycles. The second-order valence-corrected chi connectivity index (χ2v) is 8.92. The van der Waals surface area contributed by atoms with Crippen molar-refractivity contribution in [3.8, 4) is 0 Å². The monoisotopic (exact) mass is 401 g/mol. The van der Waals surface area contributed by atoms with E-state index in [1.807, 2.05) is 0 Å². The van der Waals surface area contributed by atoms with E-state index in [-0.39, 0.29) is 0 Å². The number of likely N-dealkylation sites (tertiary alicyclic amines) is 2. The molecule has 0 N–H and O–H groups in total. The minimum Gasteiger partial charge on any atom is -0.350 e. The number of hydrogen-bond acceptors (Lipinski definition) is 2. The second-order valence-electron chi connectivity index (χ2n) is 8.92. The van der Waals surface area contributed by atoms with Gasteiger partial charge in [0.05, 0.1) is 6.42 Å². The number of aryl methyl sites for hydroxylation is 1. The molecule has 3 aromatic rings. The number of aromatic nitrogens is 1. The van der Waals surface area contributed by atoms with E-state index in [0.29, 0.717) is 24.4 Å². The Bertz CT molecular complexity index is 1030. The summed E-state index contributed by atoms with van der Waals surface area (Å²) in [6, 6.07) is 20.0. The Morgan fingerprint density at radius 1 is 0.933 bits per heavy atom. The molecule has 2 fully saturated rings. The van der Waals surface area contributed by atoms with E-state index in [1.54, 1.807) is 0 Å². The maximum absolute atomic E-state index is 13.4. The zero-order valence-corrected chi connectivity index (χ0v) is 17.8. The van der Waals surface area contributed by atoms with Crippen molar-refractivity contribution in [1.29, 1.82) is 0 Å². The van der Waals surface area contributed by atoms with Crippen LogP contribution in [0.25, 0.3) is 10.9 Å². The predicted molar refractivity (Wildman–Crippen MR) is 121 cm³/mol. The standard InChI is InChI=1S/C26H31N3O/c1-27-19-21(22-11-5-6-12-23(22)27)17-26(30)29-16-8-14-25(29)24-13-7-15-28(24)18-20-9-3-2-4-10-20/h2-6,9-12,19,24-25H,7-8,13-18H2,1H3. The van der Waals surface area contributed by atoms with Crippen molar-refractivity contribution in [1.82, 2.24) is 14.4 Å². The molecule has 2 saturated heterocycles. The Morgan fingerprint density at radius 3 is 2.53 bits per heavy atom. The van der Waals surface area contributed by atoms with Gasteiger partial charge in [-0.3, -0.25) is 9.69 Å². The normalized spacial score (nSPS) is 22.2. The van der Waals surface area contributed by atoms with Gasteiger partial charge in [-0.05, 0) is 49.4 Å². The van der Waals surface area contributed by atoms with Crippen LogP contribution in [0, 0.1) is 0 Å². The number of amides is 1. The van der Waals surface area contributed by atoms with Crippen LogP contribution in [-0.4, -0.2) is 45.4 Å². The molecule has 4 heteroatoms. The van der Waals surface area contributed by atoms with Gasteiger partial charge < -0.3 is 9.47 Å². The molecule has 2 unspecified atom stereocenters. The third-order valence-electron chi connectivity index (χ3n) is 7.03. The van der Waals surface area contributed by atoms with E-state index in [0.717, 1.165) is 38.0 Å². The highest BCUT2D eigenvalue weighted by Crippen LogP contribution is 2.32. The molecule has 0 aliphatic carbocycles. The number of rotatable bonds is 5. The lowest BCUT2D eigenvalue weighted by molar-refractivity contribution is -0.132. The summed E-state index contributed by atoms with van der Waals surface area (Å²) < 4.78 is 2.14. The van der Waals surface area contributed by atoms with Gasteiger partial charge in [-0.1, -0.05) is 48.5 Å². The first-order chi connectivity index (χ1) is 14.7. The lowest BCUT2D eigenvalue weighted by Gasteiger charge is -2.35. The Labute approximate surface area is 179 Å². The van der Waals surface area contributed by atoms with Gasteiger partial charge in [-0.2, -0.15) is 0 Å². The number of benzene rings is 2. The van der Waals surface area contributed by atoms with Crippen LogP contribution in [0.3, 0.4) is 0 Å². The Hall–Kier alpha value is -2.59. The SMILES string of the molecule is Cn1cc(CC(=O)N2CCCC2C2CCCN2Cc2ccccc2)c2ccccc21. The summed E-state index contributed by atoms with van der Waals surface area (Å²) in [5.41, 5.74) is 3.72. The largest absolute Gasteiger partial charge is 0.350 e. The van der Waals surface area contributed by atoms with Crippen molar-refractivity contribution in [3.05, 3.63) is 71.9 Å². The van der Waals surface area contributed by atoms with E-state index in [2.05, 4.69) is 82.2 Å². The maximum Gasteiger partial charge on any atom is 0.227 e. The minimum absolute atomic E-state index is 0.292. The minimum atomic E-state index is 0.292. The first kappa shape index (κ1) is 19.4. The molecular weight excluding hydrogens is 370 g/mol. The van der Waals surface area contributed by atoms with Crippen molar-refractivity contribution in [2.24, 2.45) is 7.05 Å². The van der Waals surface area contributed by atoms with Crippen molar-refractivity contribution in [3.63, 3.8) is 0 Å². The molecule has 0 radical (unpaired) electrons. The van der Waals surface area contributed by atoms with Gasteiger partial charge in [0.1, 0.15) is 0 Å². The number of nitrogens with zero attached hydrogens (tertiary/aromatic N) is 3. The molecule has 0 saturated carbocycles. The highest BCUT2D eigenvalue weighted by Gasteiger charge is 2.39. The molecular formula is C26H31N3O. The van der Waals surface area contributed by atoms with Crippen LogP contribution < -0.4 is 0 Å². The quantitative estimate of drug-likeness (QED) is 0.635. The van der Waals surface area contributed by atoms with Crippen LogP contribution in [-0.2, 0) is 24.8 Å². The van der Waals surface area contributed by atoms with E-state index >= 15 is 0 Å². The molecule has 0 bridgehead atoms. The molecule has 0 spiro atoms. The molecule has 1 amide bonds. The molecule has 3 heterocycles. The number of para-hydroxylation sites is 1. The molecule has 2 aliphatic rings. The summed E-state index contributed by atoms with van der Waals surface area (Å²) in [6.45, 7) is 3.04. The molecule has 5 rings (SSSR count).